The smallest absolute Gasteiger partial charge is 0.272 e. The number of nitrogens with one attached hydrogen (secondary N) is 1. The molecule has 0 aliphatic rings. The lowest BCUT2D eigenvalue weighted by Gasteiger charge is -2.16. The fourth-order valence-corrected chi connectivity index (χ4v) is 2.28. The summed E-state index contributed by atoms with van der Waals surface area (Å²) in [4.78, 5) is 16.5. The van der Waals surface area contributed by atoms with Crippen LogP contribution in [0.4, 0.5) is 0 Å². The third kappa shape index (κ3) is 2.76. The van der Waals surface area contributed by atoms with E-state index in [1.807, 2.05) is 37.3 Å². The van der Waals surface area contributed by atoms with Crippen molar-refractivity contribution in [2.45, 2.75) is 19.4 Å². The van der Waals surface area contributed by atoms with E-state index in [4.69, 9.17) is 0 Å². The summed E-state index contributed by atoms with van der Waals surface area (Å²) < 4.78 is 1.60. The molecule has 1 aromatic carbocycles. The molecule has 3 aromatic rings. The highest BCUT2D eigenvalue weighted by atomic mass is 16.2. The summed E-state index contributed by atoms with van der Waals surface area (Å²) in [6.07, 6.45) is 4.27. The van der Waals surface area contributed by atoms with E-state index in [-0.39, 0.29) is 11.9 Å². The minimum Gasteiger partial charge on any atom is -0.344 e. The van der Waals surface area contributed by atoms with E-state index in [1.54, 1.807) is 29.0 Å². The lowest BCUT2D eigenvalue weighted by Crippen LogP contribution is -2.28. The first kappa shape index (κ1) is 13.3. The molecule has 1 unspecified atom stereocenters. The summed E-state index contributed by atoms with van der Waals surface area (Å²) in [6, 6.07) is 13.4. The first-order valence-corrected chi connectivity index (χ1v) is 6.94. The number of carbonyl (C=O) groups is 1. The van der Waals surface area contributed by atoms with Crippen LogP contribution in [0.5, 0.6) is 0 Å². The van der Waals surface area contributed by atoms with E-state index in [0.717, 1.165) is 12.0 Å². The largest absolute Gasteiger partial charge is 0.344 e. The topological polar surface area (TPSA) is 59.3 Å². The molecule has 106 valence electrons. The number of carbonyl (C=O) groups excluding carboxylic acids is 1. The standard InChI is InChI=1S/C16H16N4O/c1-2-13(12-7-4-3-5-8-12)18-16(21)14-11-15-17-9-6-10-20(15)19-14/h3-11,13H,2H2,1H3,(H,18,21). The highest BCUT2D eigenvalue weighted by Gasteiger charge is 2.16. The maximum atomic E-state index is 12.3. The molecule has 1 atom stereocenters. The lowest BCUT2D eigenvalue weighted by molar-refractivity contribution is 0.0930. The van der Waals surface area contributed by atoms with Gasteiger partial charge in [-0.3, -0.25) is 4.79 Å². The van der Waals surface area contributed by atoms with Crippen LogP contribution in [0, 0.1) is 0 Å². The predicted octanol–water partition coefficient (Wildman–Crippen LogP) is 2.61. The maximum Gasteiger partial charge on any atom is 0.272 e. The summed E-state index contributed by atoms with van der Waals surface area (Å²) in [7, 11) is 0. The fraction of sp³-hybridized carbons (Fsp3) is 0.188. The molecule has 0 aliphatic heterocycles. The van der Waals surface area contributed by atoms with Crippen molar-refractivity contribution in [1.82, 2.24) is 19.9 Å². The van der Waals surface area contributed by atoms with Gasteiger partial charge in [-0.2, -0.15) is 5.10 Å². The van der Waals surface area contributed by atoms with Crippen LogP contribution in [0.15, 0.2) is 54.9 Å². The summed E-state index contributed by atoms with van der Waals surface area (Å²) in [5.74, 6) is -0.184. The van der Waals surface area contributed by atoms with Gasteiger partial charge in [0.2, 0.25) is 0 Å². The molecule has 0 aliphatic carbocycles. The average Bonchev–Trinajstić information content (AvgIpc) is 2.97. The number of hydrogen-bond donors (Lipinski definition) is 1. The Morgan fingerprint density at radius 1 is 1.29 bits per heavy atom. The molecule has 0 saturated heterocycles. The van der Waals surface area contributed by atoms with Gasteiger partial charge in [-0.25, -0.2) is 9.50 Å². The second kappa shape index (κ2) is 5.75. The minimum absolute atomic E-state index is 0.0172. The Morgan fingerprint density at radius 3 is 2.81 bits per heavy atom. The van der Waals surface area contributed by atoms with Gasteiger partial charge in [0.05, 0.1) is 6.04 Å². The zero-order chi connectivity index (χ0) is 14.7. The minimum atomic E-state index is -0.184. The van der Waals surface area contributed by atoms with Gasteiger partial charge in [0.25, 0.3) is 5.91 Å². The molecule has 0 bridgehead atoms. The van der Waals surface area contributed by atoms with Crippen molar-refractivity contribution in [1.29, 1.82) is 0 Å². The highest BCUT2D eigenvalue weighted by molar-refractivity contribution is 5.93. The second-order valence-electron chi connectivity index (χ2n) is 4.80. The molecule has 0 spiro atoms. The van der Waals surface area contributed by atoms with Crippen molar-refractivity contribution in [3.63, 3.8) is 0 Å². The van der Waals surface area contributed by atoms with Crippen LogP contribution in [-0.4, -0.2) is 20.5 Å². The van der Waals surface area contributed by atoms with Crippen LogP contribution in [0.25, 0.3) is 5.65 Å². The highest BCUT2D eigenvalue weighted by Crippen LogP contribution is 2.16. The van der Waals surface area contributed by atoms with E-state index in [2.05, 4.69) is 15.4 Å². The Kier molecular flexibility index (Phi) is 3.64. The quantitative estimate of drug-likeness (QED) is 0.799. The average molecular weight is 280 g/mol. The summed E-state index contributed by atoms with van der Waals surface area (Å²) in [5.41, 5.74) is 2.13. The Morgan fingerprint density at radius 2 is 2.10 bits per heavy atom. The number of nitrogens with zero attached hydrogens (tertiary/aromatic N) is 3. The van der Waals surface area contributed by atoms with E-state index in [0.29, 0.717) is 11.3 Å². The second-order valence-corrected chi connectivity index (χ2v) is 4.80. The van der Waals surface area contributed by atoms with Crippen molar-refractivity contribution in [2.24, 2.45) is 0 Å². The lowest BCUT2D eigenvalue weighted by atomic mass is 10.0. The normalized spacial score (nSPS) is 12.2. The fourth-order valence-electron chi connectivity index (χ4n) is 2.28. The van der Waals surface area contributed by atoms with E-state index >= 15 is 0 Å². The molecular formula is C16H16N4O. The molecule has 5 heteroatoms. The zero-order valence-electron chi connectivity index (χ0n) is 11.7. The van der Waals surface area contributed by atoms with Crippen LogP contribution < -0.4 is 5.32 Å². The van der Waals surface area contributed by atoms with Gasteiger partial charge in [-0.15, -0.1) is 0 Å². The molecule has 2 aromatic heterocycles. The Hall–Kier alpha value is -2.69. The molecule has 3 rings (SSSR count). The van der Waals surface area contributed by atoms with Crippen molar-refractivity contribution in [2.75, 3.05) is 0 Å². The number of aromatic nitrogens is 3. The zero-order valence-corrected chi connectivity index (χ0v) is 11.7. The molecular weight excluding hydrogens is 264 g/mol. The number of rotatable bonds is 4. The van der Waals surface area contributed by atoms with Crippen LogP contribution in [0.3, 0.4) is 0 Å². The van der Waals surface area contributed by atoms with Gasteiger partial charge in [0.15, 0.2) is 11.3 Å². The van der Waals surface area contributed by atoms with Gasteiger partial charge < -0.3 is 5.32 Å². The molecule has 0 saturated carbocycles. The number of benzene rings is 1. The Labute approximate surface area is 122 Å². The molecule has 0 radical (unpaired) electrons. The van der Waals surface area contributed by atoms with E-state index < -0.39 is 0 Å². The molecule has 1 amide bonds. The summed E-state index contributed by atoms with van der Waals surface area (Å²) >= 11 is 0. The van der Waals surface area contributed by atoms with Gasteiger partial charge in [0.1, 0.15) is 0 Å². The third-order valence-corrected chi connectivity index (χ3v) is 3.38. The van der Waals surface area contributed by atoms with Crippen molar-refractivity contribution >= 4 is 11.6 Å². The number of hydrogen-bond acceptors (Lipinski definition) is 3. The first-order chi connectivity index (χ1) is 10.3. The van der Waals surface area contributed by atoms with Crippen LogP contribution in [0.1, 0.15) is 35.4 Å². The Balaban J connectivity index is 1.81. The van der Waals surface area contributed by atoms with Crippen molar-refractivity contribution < 1.29 is 4.79 Å². The third-order valence-electron chi connectivity index (χ3n) is 3.38. The SMILES string of the molecule is CCC(NC(=O)c1cc2ncccn2n1)c1ccccc1. The molecule has 2 heterocycles. The summed E-state index contributed by atoms with van der Waals surface area (Å²) in [6.45, 7) is 2.04. The maximum absolute atomic E-state index is 12.3. The molecule has 21 heavy (non-hydrogen) atoms. The van der Waals surface area contributed by atoms with Gasteiger partial charge in [0, 0.05) is 18.5 Å². The number of fused-ring (bicyclic) bond motifs is 1. The van der Waals surface area contributed by atoms with Crippen molar-refractivity contribution in [3.05, 3.63) is 66.1 Å². The van der Waals surface area contributed by atoms with E-state index in [1.165, 1.54) is 0 Å². The molecule has 0 fully saturated rings. The molecule has 5 nitrogen and oxygen atoms in total. The van der Waals surface area contributed by atoms with Crippen LogP contribution in [-0.2, 0) is 0 Å². The van der Waals surface area contributed by atoms with Gasteiger partial charge in [-0.05, 0) is 18.1 Å². The first-order valence-electron chi connectivity index (χ1n) is 6.94. The van der Waals surface area contributed by atoms with E-state index in [9.17, 15) is 4.79 Å². The Bertz CT molecular complexity index is 718. The van der Waals surface area contributed by atoms with Crippen LogP contribution in [0.2, 0.25) is 0 Å². The number of amides is 1. The van der Waals surface area contributed by atoms with Gasteiger partial charge >= 0.3 is 0 Å². The van der Waals surface area contributed by atoms with Gasteiger partial charge in [-0.1, -0.05) is 37.3 Å². The monoisotopic (exact) mass is 280 g/mol. The molecule has 1 N–H and O–H groups in total. The summed E-state index contributed by atoms with van der Waals surface area (Å²) in [5, 5.41) is 7.25. The van der Waals surface area contributed by atoms with Crippen molar-refractivity contribution in [3.8, 4) is 0 Å². The van der Waals surface area contributed by atoms with Crippen LogP contribution >= 0.6 is 0 Å². The predicted molar refractivity (Wildman–Crippen MR) is 79.9 cm³/mol.